The molecule has 0 amide bonds. The first-order valence-corrected chi connectivity index (χ1v) is 6.00. The molecule has 1 heterocycles. The Bertz CT molecular complexity index is 323. The molecule has 1 aliphatic rings. The van der Waals surface area contributed by atoms with Gasteiger partial charge in [0.1, 0.15) is 6.10 Å². The Morgan fingerprint density at radius 1 is 1.44 bits per heavy atom. The summed E-state index contributed by atoms with van der Waals surface area (Å²) in [5.74, 6) is 1.44. The minimum absolute atomic E-state index is 0.0355. The summed E-state index contributed by atoms with van der Waals surface area (Å²) in [7, 11) is 0. The molecule has 0 spiro atoms. The van der Waals surface area contributed by atoms with Crippen LogP contribution in [-0.4, -0.2) is 16.2 Å². The lowest BCUT2D eigenvalue weighted by molar-refractivity contribution is 0.124. The molecule has 2 rings (SSSR count). The summed E-state index contributed by atoms with van der Waals surface area (Å²) >= 11 is 0. The van der Waals surface area contributed by atoms with Crippen LogP contribution < -0.4 is 4.74 Å². The lowest BCUT2D eigenvalue weighted by atomic mass is 9.89. The van der Waals surface area contributed by atoms with Crippen LogP contribution in [0.25, 0.3) is 0 Å². The van der Waals surface area contributed by atoms with Crippen molar-refractivity contribution in [3.63, 3.8) is 0 Å². The van der Waals surface area contributed by atoms with Crippen LogP contribution in [0.4, 0.5) is 0 Å². The molecular weight excluding hydrogens is 202 g/mol. The Labute approximate surface area is 96.5 Å². The van der Waals surface area contributed by atoms with Crippen molar-refractivity contribution in [3.8, 4) is 5.88 Å². The number of ether oxygens (including phenoxy) is 1. The third-order valence-corrected chi connectivity index (χ3v) is 3.16. The molecule has 0 aromatic carbocycles. The monoisotopic (exact) mass is 221 g/mol. The second-order valence-corrected chi connectivity index (χ2v) is 4.67. The van der Waals surface area contributed by atoms with Gasteiger partial charge in [-0.05, 0) is 36.8 Å². The summed E-state index contributed by atoms with van der Waals surface area (Å²) in [4.78, 5) is 4.19. The van der Waals surface area contributed by atoms with Crippen molar-refractivity contribution in [1.82, 2.24) is 4.98 Å². The third kappa shape index (κ3) is 2.95. The lowest BCUT2D eigenvalue weighted by Crippen LogP contribution is -2.24. The third-order valence-electron chi connectivity index (χ3n) is 3.16. The van der Waals surface area contributed by atoms with E-state index in [0.717, 1.165) is 24.3 Å². The van der Waals surface area contributed by atoms with Gasteiger partial charge >= 0.3 is 0 Å². The number of hydrogen-bond donors (Lipinski definition) is 1. The molecule has 2 atom stereocenters. The molecule has 3 heteroatoms. The van der Waals surface area contributed by atoms with Crippen LogP contribution in [0.15, 0.2) is 18.3 Å². The van der Waals surface area contributed by atoms with Gasteiger partial charge in [0.25, 0.3) is 0 Å². The molecule has 1 aromatic heterocycles. The van der Waals surface area contributed by atoms with Gasteiger partial charge in [-0.3, -0.25) is 0 Å². The zero-order chi connectivity index (χ0) is 11.4. The number of rotatable bonds is 3. The smallest absolute Gasteiger partial charge is 0.213 e. The van der Waals surface area contributed by atoms with Crippen LogP contribution in [0.5, 0.6) is 5.88 Å². The van der Waals surface area contributed by atoms with Crippen molar-refractivity contribution in [2.45, 2.75) is 45.3 Å². The van der Waals surface area contributed by atoms with Gasteiger partial charge in [-0.2, -0.15) is 0 Å². The van der Waals surface area contributed by atoms with E-state index in [1.165, 1.54) is 12.8 Å². The van der Waals surface area contributed by atoms with E-state index in [1.807, 2.05) is 12.1 Å². The van der Waals surface area contributed by atoms with Crippen LogP contribution in [0.2, 0.25) is 0 Å². The molecule has 2 unspecified atom stereocenters. The molecule has 0 radical (unpaired) electrons. The predicted molar refractivity (Wildman–Crippen MR) is 62.2 cm³/mol. The van der Waals surface area contributed by atoms with Crippen LogP contribution >= 0.6 is 0 Å². The van der Waals surface area contributed by atoms with Crippen molar-refractivity contribution in [2.24, 2.45) is 5.92 Å². The summed E-state index contributed by atoms with van der Waals surface area (Å²) in [5.41, 5.74) is 0.823. The second-order valence-electron chi connectivity index (χ2n) is 4.67. The number of hydrogen-bond acceptors (Lipinski definition) is 3. The summed E-state index contributed by atoms with van der Waals surface area (Å²) in [6, 6.07) is 3.69. The van der Waals surface area contributed by atoms with Gasteiger partial charge in [0.15, 0.2) is 0 Å². The topological polar surface area (TPSA) is 42.4 Å². The van der Waals surface area contributed by atoms with Crippen molar-refractivity contribution >= 4 is 0 Å². The maximum absolute atomic E-state index is 8.90. The summed E-state index contributed by atoms with van der Waals surface area (Å²) < 4.78 is 5.83. The zero-order valence-electron chi connectivity index (χ0n) is 9.72. The van der Waals surface area contributed by atoms with Crippen LogP contribution in [0.3, 0.4) is 0 Å². The van der Waals surface area contributed by atoms with E-state index in [-0.39, 0.29) is 6.61 Å². The van der Waals surface area contributed by atoms with Crippen LogP contribution in [0.1, 0.15) is 38.2 Å². The molecular formula is C13H19NO2. The fraction of sp³-hybridized carbons (Fsp3) is 0.615. The largest absolute Gasteiger partial charge is 0.474 e. The van der Waals surface area contributed by atoms with Gasteiger partial charge in [0.2, 0.25) is 5.88 Å². The highest BCUT2D eigenvalue weighted by atomic mass is 16.5. The second kappa shape index (κ2) is 5.30. The molecule has 88 valence electrons. The molecule has 0 aliphatic heterocycles. The first-order valence-electron chi connectivity index (χ1n) is 6.00. The van der Waals surface area contributed by atoms with E-state index >= 15 is 0 Å². The highest BCUT2D eigenvalue weighted by Crippen LogP contribution is 2.26. The highest BCUT2D eigenvalue weighted by molar-refractivity contribution is 5.17. The van der Waals surface area contributed by atoms with E-state index in [9.17, 15) is 0 Å². The maximum atomic E-state index is 8.90. The molecule has 1 aliphatic carbocycles. The summed E-state index contributed by atoms with van der Waals surface area (Å²) in [6.45, 7) is 2.31. The van der Waals surface area contributed by atoms with Crippen LogP contribution in [-0.2, 0) is 6.61 Å². The molecule has 1 N–H and O–H groups in total. The van der Waals surface area contributed by atoms with Crippen molar-refractivity contribution < 1.29 is 9.84 Å². The van der Waals surface area contributed by atoms with Crippen molar-refractivity contribution in [2.75, 3.05) is 0 Å². The van der Waals surface area contributed by atoms with Gasteiger partial charge in [0, 0.05) is 12.3 Å². The van der Waals surface area contributed by atoms with E-state index in [2.05, 4.69) is 11.9 Å². The van der Waals surface area contributed by atoms with E-state index < -0.39 is 0 Å². The first-order chi connectivity index (χ1) is 7.78. The Morgan fingerprint density at radius 2 is 2.31 bits per heavy atom. The van der Waals surface area contributed by atoms with E-state index in [1.54, 1.807) is 6.20 Å². The molecule has 1 aromatic rings. The Hall–Kier alpha value is -1.09. The highest BCUT2D eigenvalue weighted by Gasteiger charge is 2.20. The lowest BCUT2D eigenvalue weighted by Gasteiger charge is -2.26. The number of nitrogens with zero attached hydrogens (tertiary/aromatic N) is 1. The minimum atomic E-state index is 0.0355. The summed E-state index contributed by atoms with van der Waals surface area (Å²) in [5, 5.41) is 8.90. The minimum Gasteiger partial charge on any atom is -0.474 e. The van der Waals surface area contributed by atoms with Gasteiger partial charge in [0.05, 0.1) is 6.61 Å². The average Bonchev–Trinajstić information content (AvgIpc) is 2.30. The van der Waals surface area contributed by atoms with Gasteiger partial charge < -0.3 is 9.84 Å². The molecule has 0 saturated heterocycles. The quantitative estimate of drug-likeness (QED) is 0.852. The number of pyridine rings is 1. The first kappa shape index (κ1) is 11.4. The Morgan fingerprint density at radius 3 is 2.94 bits per heavy atom. The van der Waals surface area contributed by atoms with Gasteiger partial charge in [-0.25, -0.2) is 4.98 Å². The summed E-state index contributed by atoms with van der Waals surface area (Å²) in [6.07, 6.45) is 6.81. The Kier molecular flexibility index (Phi) is 3.78. The predicted octanol–water partition coefficient (Wildman–Crippen LogP) is 2.53. The number of aromatic nitrogens is 1. The fourth-order valence-corrected chi connectivity index (χ4v) is 2.23. The molecule has 1 saturated carbocycles. The maximum Gasteiger partial charge on any atom is 0.213 e. The van der Waals surface area contributed by atoms with E-state index in [4.69, 9.17) is 9.84 Å². The van der Waals surface area contributed by atoms with Crippen LogP contribution in [0, 0.1) is 5.92 Å². The average molecular weight is 221 g/mol. The molecule has 1 fully saturated rings. The molecule has 16 heavy (non-hydrogen) atoms. The zero-order valence-corrected chi connectivity index (χ0v) is 9.72. The normalized spacial score (nSPS) is 25.4. The fourth-order valence-electron chi connectivity index (χ4n) is 2.23. The standard InChI is InChI=1S/C13H19NO2/c1-10-3-2-4-12(7-10)16-13-6-5-11(9-15)8-14-13/h5-6,8,10,12,15H,2-4,7,9H2,1H3. The van der Waals surface area contributed by atoms with E-state index in [0.29, 0.717) is 12.0 Å². The molecule has 0 bridgehead atoms. The molecule has 3 nitrogen and oxygen atoms in total. The van der Waals surface area contributed by atoms with Crippen molar-refractivity contribution in [1.29, 1.82) is 0 Å². The number of aliphatic hydroxyl groups is 1. The van der Waals surface area contributed by atoms with Gasteiger partial charge in [-0.15, -0.1) is 0 Å². The SMILES string of the molecule is CC1CCCC(Oc2ccc(CO)cn2)C1. The van der Waals surface area contributed by atoms with Gasteiger partial charge in [-0.1, -0.05) is 13.3 Å². The Balaban J connectivity index is 1.92. The number of aliphatic hydroxyl groups excluding tert-OH is 1. The van der Waals surface area contributed by atoms with Crippen molar-refractivity contribution in [3.05, 3.63) is 23.9 Å².